The molecule has 0 fully saturated rings. The SMILES string of the molecule is COc1ccccc1-c1nc(C(=O)Nc2ccc(SC)cc2)cs1. The molecule has 122 valence electrons. The van der Waals surface area contributed by atoms with E-state index in [1.807, 2.05) is 54.8 Å². The minimum absolute atomic E-state index is 0.218. The molecule has 0 atom stereocenters. The third-order valence-electron chi connectivity index (χ3n) is 3.42. The molecule has 0 bridgehead atoms. The van der Waals surface area contributed by atoms with Crippen LogP contribution in [0, 0.1) is 0 Å². The van der Waals surface area contributed by atoms with Crippen molar-refractivity contribution in [1.29, 1.82) is 0 Å². The van der Waals surface area contributed by atoms with Gasteiger partial charge in [-0.3, -0.25) is 4.79 Å². The summed E-state index contributed by atoms with van der Waals surface area (Å²) in [5, 5.41) is 5.38. The molecule has 1 N–H and O–H groups in total. The van der Waals surface area contributed by atoms with E-state index in [-0.39, 0.29) is 5.91 Å². The van der Waals surface area contributed by atoms with Crippen LogP contribution in [0.3, 0.4) is 0 Å². The summed E-state index contributed by atoms with van der Waals surface area (Å²) in [6.07, 6.45) is 2.02. The van der Waals surface area contributed by atoms with Crippen molar-refractivity contribution in [2.24, 2.45) is 0 Å². The number of rotatable bonds is 5. The number of ether oxygens (including phenoxy) is 1. The molecule has 3 aromatic rings. The fourth-order valence-corrected chi connectivity index (χ4v) is 3.43. The van der Waals surface area contributed by atoms with E-state index >= 15 is 0 Å². The van der Waals surface area contributed by atoms with E-state index in [0.29, 0.717) is 5.69 Å². The van der Waals surface area contributed by atoms with Crippen LogP contribution in [0.5, 0.6) is 5.75 Å². The van der Waals surface area contributed by atoms with Crippen LogP contribution >= 0.6 is 23.1 Å². The van der Waals surface area contributed by atoms with Gasteiger partial charge in [0.1, 0.15) is 16.5 Å². The van der Waals surface area contributed by atoms with Crippen molar-refractivity contribution in [1.82, 2.24) is 4.98 Å². The molecular formula is C18H16N2O2S2. The Kier molecular flexibility index (Phi) is 5.17. The molecule has 0 aliphatic rings. The zero-order valence-corrected chi connectivity index (χ0v) is 14.9. The fourth-order valence-electron chi connectivity index (χ4n) is 2.19. The number of nitrogens with one attached hydrogen (secondary N) is 1. The van der Waals surface area contributed by atoms with E-state index in [2.05, 4.69) is 10.3 Å². The molecule has 0 saturated carbocycles. The van der Waals surface area contributed by atoms with E-state index in [1.54, 1.807) is 24.3 Å². The van der Waals surface area contributed by atoms with Crippen LogP contribution < -0.4 is 10.1 Å². The van der Waals surface area contributed by atoms with Gasteiger partial charge in [-0.25, -0.2) is 4.98 Å². The number of amides is 1. The number of carbonyl (C=O) groups is 1. The van der Waals surface area contributed by atoms with Gasteiger partial charge in [-0.2, -0.15) is 0 Å². The predicted molar refractivity (Wildman–Crippen MR) is 100 cm³/mol. The lowest BCUT2D eigenvalue weighted by Gasteiger charge is -2.05. The summed E-state index contributed by atoms with van der Waals surface area (Å²) >= 11 is 3.08. The Hall–Kier alpha value is -2.31. The fraction of sp³-hybridized carbons (Fsp3) is 0.111. The Bertz CT molecular complexity index is 844. The van der Waals surface area contributed by atoms with E-state index < -0.39 is 0 Å². The van der Waals surface area contributed by atoms with Gasteiger partial charge in [-0.1, -0.05) is 12.1 Å². The smallest absolute Gasteiger partial charge is 0.275 e. The van der Waals surface area contributed by atoms with Gasteiger partial charge in [-0.05, 0) is 42.7 Å². The Morgan fingerprint density at radius 3 is 2.62 bits per heavy atom. The molecule has 0 aliphatic carbocycles. The highest BCUT2D eigenvalue weighted by Crippen LogP contribution is 2.32. The van der Waals surface area contributed by atoms with Gasteiger partial charge in [0, 0.05) is 16.0 Å². The van der Waals surface area contributed by atoms with Gasteiger partial charge in [0.25, 0.3) is 5.91 Å². The number of nitrogens with zero attached hydrogens (tertiary/aromatic N) is 1. The number of anilines is 1. The highest BCUT2D eigenvalue weighted by atomic mass is 32.2. The Morgan fingerprint density at radius 1 is 1.17 bits per heavy atom. The third kappa shape index (κ3) is 3.60. The standard InChI is InChI=1S/C18H16N2O2S2/c1-22-16-6-4-3-5-14(16)18-20-15(11-24-18)17(21)19-12-7-9-13(23-2)10-8-12/h3-11H,1-2H3,(H,19,21). The predicted octanol–water partition coefficient (Wildman–Crippen LogP) is 4.79. The van der Waals surface area contributed by atoms with Gasteiger partial charge >= 0.3 is 0 Å². The molecule has 0 radical (unpaired) electrons. The van der Waals surface area contributed by atoms with Crippen LogP contribution in [0.4, 0.5) is 5.69 Å². The second kappa shape index (κ2) is 7.51. The van der Waals surface area contributed by atoms with Crippen molar-refractivity contribution in [3.05, 3.63) is 59.6 Å². The first kappa shape index (κ1) is 16.5. The van der Waals surface area contributed by atoms with Gasteiger partial charge in [0.05, 0.1) is 12.7 Å². The molecule has 3 rings (SSSR count). The lowest BCUT2D eigenvalue weighted by Crippen LogP contribution is -2.12. The van der Waals surface area contributed by atoms with Crippen molar-refractivity contribution in [2.75, 3.05) is 18.7 Å². The lowest BCUT2D eigenvalue weighted by atomic mass is 10.2. The number of aromatic nitrogens is 1. The van der Waals surface area contributed by atoms with Crippen LogP contribution in [0.2, 0.25) is 0 Å². The Morgan fingerprint density at radius 2 is 1.92 bits per heavy atom. The number of thiazole rings is 1. The molecule has 2 aromatic carbocycles. The minimum atomic E-state index is -0.218. The summed E-state index contributed by atoms with van der Waals surface area (Å²) in [7, 11) is 1.62. The van der Waals surface area contributed by atoms with Gasteiger partial charge in [0.15, 0.2) is 0 Å². The topological polar surface area (TPSA) is 51.2 Å². The quantitative estimate of drug-likeness (QED) is 0.668. The first-order valence-electron chi connectivity index (χ1n) is 7.25. The Labute approximate surface area is 148 Å². The van der Waals surface area contributed by atoms with Crippen LogP contribution in [0.15, 0.2) is 58.8 Å². The van der Waals surface area contributed by atoms with E-state index in [9.17, 15) is 4.79 Å². The van der Waals surface area contributed by atoms with Crippen molar-refractivity contribution in [3.8, 4) is 16.3 Å². The summed E-state index contributed by atoms with van der Waals surface area (Å²) in [4.78, 5) is 18.0. The minimum Gasteiger partial charge on any atom is -0.496 e. The van der Waals surface area contributed by atoms with Gasteiger partial charge < -0.3 is 10.1 Å². The molecule has 0 aliphatic heterocycles. The van der Waals surface area contributed by atoms with Crippen LogP contribution in [0.25, 0.3) is 10.6 Å². The van der Waals surface area contributed by atoms with Crippen LogP contribution in [-0.2, 0) is 0 Å². The lowest BCUT2D eigenvalue weighted by molar-refractivity contribution is 0.102. The maximum atomic E-state index is 12.4. The van der Waals surface area contributed by atoms with Gasteiger partial charge in [-0.15, -0.1) is 23.1 Å². The van der Waals surface area contributed by atoms with Gasteiger partial charge in [0.2, 0.25) is 0 Å². The molecule has 1 heterocycles. The monoisotopic (exact) mass is 356 g/mol. The number of benzene rings is 2. The highest BCUT2D eigenvalue weighted by Gasteiger charge is 2.14. The summed E-state index contributed by atoms with van der Waals surface area (Å²) < 4.78 is 5.35. The van der Waals surface area contributed by atoms with Crippen LogP contribution in [0.1, 0.15) is 10.5 Å². The maximum absolute atomic E-state index is 12.4. The summed E-state index contributed by atoms with van der Waals surface area (Å²) in [6, 6.07) is 15.4. The molecule has 24 heavy (non-hydrogen) atoms. The molecule has 6 heteroatoms. The molecule has 0 spiro atoms. The summed E-state index contributed by atoms with van der Waals surface area (Å²) in [5.74, 6) is 0.524. The summed E-state index contributed by atoms with van der Waals surface area (Å²) in [6.45, 7) is 0. The van der Waals surface area contributed by atoms with Crippen molar-refractivity contribution in [2.45, 2.75) is 4.90 Å². The number of thioether (sulfide) groups is 1. The van der Waals surface area contributed by atoms with E-state index in [0.717, 1.165) is 26.9 Å². The number of para-hydroxylation sites is 1. The molecule has 0 saturated heterocycles. The average molecular weight is 356 g/mol. The first-order chi connectivity index (χ1) is 11.7. The first-order valence-corrected chi connectivity index (χ1v) is 9.36. The molecule has 0 unspecified atom stereocenters. The van der Waals surface area contributed by atoms with Crippen LogP contribution in [-0.4, -0.2) is 24.3 Å². The molecule has 1 aromatic heterocycles. The van der Waals surface area contributed by atoms with Crippen molar-refractivity contribution < 1.29 is 9.53 Å². The second-order valence-electron chi connectivity index (χ2n) is 4.92. The summed E-state index contributed by atoms with van der Waals surface area (Å²) in [5.41, 5.74) is 2.04. The number of carbonyl (C=O) groups excluding carboxylic acids is 1. The number of hydrogen-bond acceptors (Lipinski definition) is 5. The number of methoxy groups -OCH3 is 1. The largest absolute Gasteiger partial charge is 0.496 e. The van der Waals surface area contributed by atoms with Crippen molar-refractivity contribution >= 4 is 34.7 Å². The zero-order valence-electron chi connectivity index (χ0n) is 13.3. The molecular weight excluding hydrogens is 340 g/mol. The maximum Gasteiger partial charge on any atom is 0.275 e. The molecule has 1 amide bonds. The van der Waals surface area contributed by atoms with Crippen molar-refractivity contribution in [3.63, 3.8) is 0 Å². The van der Waals surface area contributed by atoms with E-state index in [1.165, 1.54) is 11.3 Å². The third-order valence-corrected chi connectivity index (χ3v) is 5.04. The van der Waals surface area contributed by atoms with E-state index in [4.69, 9.17) is 4.74 Å². The number of hydrogen-bond donors (Lipinski definition) is 1. The average Bonchev–Trinajstić information content (AvgIpc) is 3.12. The zero-order chi connectivity index (χ0) is 16.9. The Balaban J connectivity index is 1.78. The second-order valence-corrected chi connectivity index (χ2v) is 6.66. The normalized spacial score (nSPS) is 10.4. The highest BCUT2D eigenvalue weighted by molar-refractivity contribution is 7.98. The molecule has 4 nitrogen and oxygen atoms in total.